The van der Waals surface area contributed by atoms with Gasteiger partial charge in [-0.1, -0.05) is 109 Å². The Balaban J connectivity index is 1.13. The predicted molar refractivity (Wildman–Crippen MR) is 215 cm³/mol. The third-order valence-corrected chi connectivity index (χ3v) is 11.4. The van der Waals surface area contributed by atoms with Crippen molar-refractivity contribution >= 4 is 75.2 Å². The minimum atomic E-state index is 0.631. The molecule has 3 aromatic heterocycles. The number of thiophene rings is 1. The Morgan fingerprint density at radius 2 is 1.16 bits per heavy atom. The molecule has 51 heavy (non-hydrogen) atoms. The zero-order valence-electron chi connectivity index (χ0n) is 27.4. The number of hydrogen-bond acceptors (Lipinski definition) is 3. The van der Waals surface area contributed by atoms with Crippen LogP contribution in [0.15, 0.2) is 174 Å². The van der Waals surface area contributed by atoms with E-state index in [0.29, 0.717) is 5.89 Å². The van der Waals surface area contributed by atoms with Gasteiger partial charge in [0.1, 0.15) is 5.52 Å². The highest BCUT2D eigenvalue weighted by Crippen LogP contribution is 2.43. The van der Waals surface area contributed by atoms with Gasteiger partial charge in [-0.2, -0.15) is 0 Å². The average molecular weight is 669 g/mol. The summed E-state index contributed by atoms with van der Waals surface area (Å²) in [5.41, 5.74) is 11.0. The lowest BCUT2D eigenvalue weighted by atomic mass is 9.94. The summed E-state index contributed by atoms with van der Waals surface area (Å²) in [6.07, 6.45) is 0. The van der Waals surface area contributed by atoms with Crippen molar-refractivity contribution in [2.24, 2.45) is 0 Å². The lowest BCUT2D eigenvalue weighted by Crippen LogP contribution is -1.95. The highest BCUT2D eigenvalue weighted by molar-refractivity contribution is 7.26. The highest BCUT2D eigenvalue weighted by atomic mass is 32.1. The molecule has 0 aliphatic rings. The molecule has 11 rings (SSSR count). The summed E-state index contributed by atoms with van der Waals surface area (Å²) in [6, 6.07) is 60.9. The molecule has 0 saturated heterocycles. The monoisotopic (exact) mass is 668 g/mol. The molecule has 0 N–H and O–H groups in total. The Kier molecular flexibility index (Phi) is 6.12. The third-order valence-electron chi connectivity index (χ3n) is 10.2. The molecule has 0 spiro atoms. The summed E-state index contributed by atoms with van der Waals surface area (Å²) in [6.45, 7) is 0. The smallest absolute Gasteiger partial charge is 0.227 e. The maximum atomic E-state index is 6.56. The van der Waals surface area contributed by atoms with Gasteiger partial charge in [0.2, 0.25) is 5.89 Å². The molecule has 8 aromatic carbocycles. The number of fused-ring (bicyclic) bond motifs is 10. The van der Waals surface area contributed by atoms with E-state index in [0.717, 1.165) is 27.7 Å². The number of oxazole rings is 1. The maximum Gasteiger partial charge on any atom is 0.227 e. The third kappa shape index (κ3) is 4.33. The van der Waals surface area contributed by atoms with Gasteiger partial charge in [0, 0.05) is 47.6 Å². The first-order chi connectivity index (χ1) is 25.3. The lowest BCUT2D eigenvalue weighted by molar-refractivity contribution is 0.623. The molecule has 0 bridgehead atoms. The van der Waals surface area contributed by atoms with Crippen molar-refractivity contribution in [2.45, 2.75) is 0 Å². The van der Waals surface area contributed by atoms with Crippen molar-refractivity contribution in [2.75, 3.05) is 0 Å². The normalized spacial score (nSPS) is 11.9. The van der Waals surface area contributed by atoms with Crippen molar-refractivity contribution < 1.29 is 4.42 Å². The molecular formula is C47H28N2OS. The van der Waals surface area contributed by atoms with Gasteiger partial charge in [-0.15, -0.1) is 11.3 Å². The molecule has 0 aliphatic carbocycles. The first-order valence-corrected chi connectivity index (χ1v) is 18.0. The molecule has 0 fully saturated rings. The summed E-state index contributed by atoms with van der Waals surface area (Å²) in [5, 5.41) is 7.27. The fourth-order valence-electron chi connectivity index (χ4n) is 7.88. The fourth-order valence-corrected chi connectivity index (χ4v) is 8.98. The van der Waals surface area contributed by atoms with Crippen molar-refractivity contribution in [1.82, 2.24) is 9.55 Å². The molecule has 0 aliphatic heterocycles. The Morgan fingerprint density at radius 1 is 0.471 bits per heavy atom. The van der Waals surface area contributed by atoms with Gasteiger partial charge < -0.3 is 8.98 Å². The van der Waals surface area contributed by atoms with Gasteiger partial charge in [0.15, 0.2) is 5.58 Å². The first-order valence-electron chi connectivity index (χ1n) is 17.2. The van der Waals surface area contributed by atoms with E-state index in [9.17, 15) is 0 Å². The lowest BCUT2D eigenvalue weighted by Gasteiger charge is -2.13. The second kappa shape index (κ2) is 11.0. The zero-order valence-corrected chi connectivity index (χ0v) is 28.2. The van der Waals surface area contributed by atoms with Crippen LogP contribution in [0.25, 0.3) is 103 Å². The SMILES string of the molecule is c1ccc(-c2ccc3c(c2)c2cc(-c4ccccc4)c4ccccc4c2n3-c2ccc(-c3nc4ccc5sc6ccccc6c5c4o3)cc2)cc1. The molecule has 4 heteroatoms. The van der Waals surface area contributed by atoms with Crippen LogP contribution in [-0.2, 0) is 0 Å². The fraction of sp³-hybridized carbons (Fsp3) is 0. The van der Waals surface area contributed by atoms with E-state index >= 15 is 0 Å². The van der Waals surface area contributed by atoms with Crippen molar-refractivity contribution in [3.63, 3.8) is 0 Å². The number of nitrogens with zero attached hydrogens (tertiary/aromatic N) is 2. The molecule has 0 atom stereocenters. The molecule has 3 nitrogen and oxygen atoms in total. The standard InChI is InChI=1S/C47H28N2OS/c1-3-11-29(12-4-1)32-21-25-41-38(27-32)39-28-37(30-13-5-2-6-14-30)34-15-7-8-16-35(34)45(39)49(41)33-22-19-31(20-23-33)47-48-40-24-26-43-44(46(40)50-47)36-17-9-10-18-42(36)51-43/h1-28H. The van der Waals surface area contributed by atoms with Gasteiger partial charge in [-0.3, -0.25) is 0 Å². The summed E-state index contributed by atoms with van der Waals surface area (Å²) < 4.78 is 11.5. The summed E-state index contributed by atoms with van der Waals surface area (Å²) in [7, 11) is 0. The first kappa shape index (κ1) is 28.4. The van der Waals surface area contributed by atoms with E-state index in [2.05, 4.69) is 174 Å². The van der Waals surface area contributed by atoms with Crippen molar-refractivity contribution in [3.8, 4) is 39.4 Å². The molecule has 3 heterocycles. The molecule has 11 aromatic rings. The molecule has 0 radical (unpaired) electrons. The number of rotatable bonds is 4. The van der Waals surface area contributed by atoms with Crippen LogP contribution in [-0.4, -0.2) is 9.55 Å². The predicted octanol–water partition coefficient (Wildman–Crippen LogP) is 13.4. The minimum absolute atomic E-state index is 0.631. The zero-order chi connectivity index (χ0) is 33.5. The van der Waals surface area contributed by atoms with E-state index in [1.54, 1.807) is 11.3 Å². The Hall–Kier alpha value is -6.49. The molecule has 0 saturated carbocycles. The summed E-state index contributed by atoms with van der Waals surface area (Å²) in [5.74, 6) is 0.631. The Morgan fingerprint density at radius 3 is 1.96 bits per heavy atom. The van der Waals surface area contributed by atoms with E-state index in [1.165, 1.54) is 69.6 Å². The van der Waals surface area contributed by atoms with Crippen LogP contribution in [0.4, 0.5) is 0 Å². The maximum absolute atomic E-state index is 6.56. The van der Waals surface area contributed by atoms with Gasteiger partial charge in [-0.25, -0.2) is 4.98 Å². The summed E-state index contributed by atoms with van der Waals surface area (Å²) >= 11 is 1.79. The van der Waals surface area contributed by atoms with Crippen LogP contribution in [0, 0.1) is 0 Å². The second-order valence-corrected chi connectivity index (χ2v) is 14.2. The van der Waals surface area contributed by atoms with Crippen LogP contribution in [0.2, 0.25) is 0 Å². The average Bonchev–Trinajstić information content (AvgIpc) is 3.90. The van der Waals surface area contributed by atoms with Gasteiger partial charge in [0.05, 0.1) is 11.0 Å². The Labute approximate surface area is 297 Å². The molecule has 0 unspecified atom stereocenters. The van der Waals surface area contributed by atoms with Crippen LogP contribution in [0.1, 0.15) is 0 Å². The van der Waals surface area contributed by atoms with Crippen LogP contribution in [0.5, 0.6) is 0 Å². The van der Waals surface area contributed by atoms with Crippen molar-refractivity contribution in [1.29, 1.82) is 0 Å². The quantitative estimate of drug-likeness (QED) is 0.187. The van der Waals surface area contributed by atoms with Gasteiger partial charge >= 0.3 is 0 Å². The van der Waals surface area contributed by atoms with Crippen LogP contribution >= 0.6 is 11.3 Å². The van der Waals surface area contributed by atoms with E-state index in [4.69, 9.17) is 9.40 Å². The number of benzene rings is 8. The topological polar surface area (TPSA) is 31.0 Å². The number of hydrogen-bond donors (Lipinski definition) is 0. The van der Waals surface area contributed by atoms with E-state index < -0.39 is 0 Å². The van der Waals surface area contributed by atoms with E-state index in [-0.39, 0.29) is 0 Å². The van der Waals surface area contributed by atoms with Crippen LogP contribution < -0.4 is 0 Å². The molecule has 0 amide bonds. The molecular weight excluding hydrogens is 641 g/mol. The van der Waals surface area contributed by atoms with Crippen molar-refractivity contribution in [3.05, 3.63) is 170 Å². The second-order valence-electron chi connectivity index (χ2n) is 13.1. The summed E-state index contributed by atoms with van der Waals surface area (Å²) in [4.78, 5) is 4.96. The van der Waals surface area contributed by atoms with Gasteiger partial charge in [-0.05, 0) is 88.3 Å². The van der Waals surface area contributed by atoms with Gasteiger partial charge in [0.25, 0.3) is 0 Å². The highest BCUT2D eigenvalue weighted by Gasteiger charge is 2.20. The molecule has 238 valence electrons. The van der Waals surface area contributed by atoms with Crippen LogP contribution in [0.3, 0.4) is 0 Å². The number of aromatic nitrogens is 2. The minimum Gasteiger partial charge on any atom is -0.435 e. The van der Waals surface area contributed by atoms with E-state index in [1.807, 2.05) is 0 Å². The Bertz CT molecular complexity index is 3110. The largest absolute Gasteiger partial charge is 0.435 e.